The number of rotatable bonds is 6. The Morgan fingerprint density at radius 3 is 2.53 bits per heavy atom. The van der Waals surface area contributed by atoms with Gasteiger partial charge < -0.3 is 11.1 Å². The Hall–Kier alpha value is -3.74. The Bertz CT molecular complexity index is 1240. The van der Waals surface area contributed by atoms with Crippen LogP contribution in [0.3, 0.4) is 0 Å². The van der Waals surface area contributed by atoms with E-state index in [0.29, 0.717) is 34.3 Å². The third kappa shape index (κ3) is 3.74. The predicted octanol–water partition coefficient (Wildman–Crippen LogP) is 3.89. The minimum absolute atomic E-state index is 0.220. The van der Waals surface area contributed by atoms with Crippen molar-refractivity contribution in [1.82, 2.24) is 20.0 Å². The highest BCUT2D eigenvalue weighted by Gasteiger charge is 2.23. The number of benzene rings is 2. The molecule has 30 heavy (non-hydrogen) atoms. The van der Waals surface area contributed by atoms with E-state index >= 15 is 0 Å². The molecule has 7 nitrogen and oxygen atoms in total. The molecule has 0 spiro atoms. The van der Waals surface area contributed by atoms with E-state index in [-0.39, 0.29) is 11.7 Å². The van der Waals surface area contributed by atoms with Crippen molar-refractivity contribution >= 4 is 40.1 Å². The largest absolute Gasteiger partial charge is 0.383 e. The molecule has 2 aromatic carbocycles. The standard InChI is InChI=1S/C23H24N6O/c1-3-4-13-25-23(30)19-20-22(28-18-8-6-5-7-17(18)27-20)29(21(19)24)26-14-16-11-9-15(2)10-12-16/h5-12,14H,3-4,13,24H2,1-2H3,(H,25,30)/b26-14-. The maximum absolute atomic E-state index is 12.9. The van der Waals surface area contributed by atoms with Crippen LogP contribution in [-0.4, -0.2) is 33.3 Å². The summed E-state index contributed by atoms with van der Waals surface area (Å²) in [5, 5.41) is 7.45. The van der Waals surface area contributed by atoms with Gasteiger partial charge in [0.15, 0.2) is 5.65 Å². The summed E-state index contributed by atoms with van der Waals surface area (Å²) in [6.07, 6.45) is 3.58. The number of nitrogen functional groups attached to an aromatic ring is 1. The van der Waals surface area contributed by atoms with Crippen LogP contribution in [0.2, 0.25) is 0 Å². The minimum Gasteiger partial charge on any atom is -0.383 e. The molecule has 2 heterocycles. The summed E-state index contributed by atoms with van der Waals surface area (Å²) in [7, 11) is 0. The summed E-state index contributed by atoms with van der Waals surface area (Å²) in [4.78, 5) is 22.3. The number of hydrogen-bond acceptors (Lipinski definition) is 5. The molecular weight excluding hydrogens is 376 g/mol. The molecule has 3 N–H and O–H groups in total. The highest BCUT2D eigenvalue weighted by atomic mass is 16.1. The highest BCUT2D eigenvalue weighted by Crippen LogP contribution is 2.27. The van der Waals surface area contributed by atoms with Gasteiger partial charge in [0.2, 0.25) is 0 Å². The van der Waals surface area contributed by atoms with Crippen molar-refractivity contribution < 1.29 is 4.79 Å². The summed E-state index contributed by atoms with van der Waals surface area (Å²) in [5.74, 6) is -0.0440. The van der Waals surface area contributed by atoms with Crippen molar-refractivity contribution in [3.63, 3.8) is 0 Å². The van der Waals surface area contributed by atoms with Gasteiger partial charge in [-0.1, -0.05) is 55.3 Å². The van der Waals surface area contributed by atoms with Crippen molar-refractivity contribution in [1.29, 1.82) is 0 Å². The first-order valence-electron chi connectivity index (χ1n) is 10.0. The minimum atomic E-state index is -0.264. The summed E-state index contributed by atoms with van der Waals surface area (Å²) in [5.41, 5.74) is 11.1. The molecule has 0 saturated heterocycles. The number of nitrogens with two attached hydrogens (primary N) is 1. The van der Waals surface area contributed by atoms with Gasteiger partial charge in [-0.15, -0.1) is 0 Å². The molecular formula is C23H24N6O. The van der Waals surface area contributed by atoms with Crippen LogP contribution in [0.4, 0.5) is 5.82 Å². The highest BCUT2D eigenvalue weighted by molar-refractivity contribution is 6.10. The zero-order valence-electron chi connectivity index (χ0n) is 17.1. The van der Waals surface area contributed by atoms with Crippen LogP contribution in [-0.2, 0) is 0 Å². The van der Waals surface area contributed by atoms with Gasteiger partial charge in [0.05, 0.1) is 17.2 Å². The molecule has 0 bridgehead atoms. The lowest BCUT2D eigenvalue weighted by atomic mass is 10.2. The Kier molecular flexibility index (Phi) is 5.43. The van der Waals surface area contributed by atoms with Gasteiger partial charge in [0, 0.05) is 6.54 Å². The molecule has 0 radical (unpaired) electrons. The molecule has 0 aliphatic carbocycles. The lowest BCUT2D eigenvalue weighted by Crippen LogP contribution is -2.25. The summed E-state index contributed by atoms with van der Waals surface area (Å²) in [6, 6.07) is 15.5. The molecule has 0 unspecified atom stereocenters. The number of unbranched alkanes of at least 4 members (excludes halogenated alkanes) is 1. The number of aromatic nitrogens is 3. The Labute approximate surface area is 174 Å². The van der Waals surface area contributed by atoms with E-state index in [1.165, 1.54) is 10.2 Å². The summed E-state index contributed by atoms with van der Waals surface area (Å²) >= 11 is 0. The maximum Gasteiger partial charge on any atom is 0.257 e. The van der Waals surface area contributed by atoms with E-state index in [2.05, 4.69) is 22.3 Å². The van der Waals surface area contributed by atoms with Crippen LogP contribution in [0, 0.1) is 6.92 Å². The SMILES string of the molecule is CCCCNC(=O)c1c(N)n(/N=C\c2ccc(C)cc2)c2nc3ccccc3nc12. The van der Waals surface area contributed by atoms with E-state index < -0.39 is 0 Å². The van der Waals surface area contributed by atoms with Crippen LogP contribution in [0.15, 0.2) is 53.6 Å². The van der Waals surface area contributed by atoms with Crippen molar-refractivity contribution in [3.8, 4) is 0 Å². The molecule has 0 fully saturated rings. The van der Waals surface area contributed by atoms with Crippen LogP contribution in [0.1, 0.15) is 41.3 Å². The van der Waals surface area contributed by atoms with Crippen LogP contribution in [0.5, 0.6) is 0 Å². The lowest BCUT2D eigenvalue weighted by molar-refractivity contribution is 0.0955. The monoisotopic (exact) mass is 400 g/mol. The zero-order valence-corrected chi connectivity index (χ0v) is 17.1. The van der Waals surface area contributed by atoms with Gasteiger partial charge in [0.1, 0.15) is 16.9 Å². The van der Waals surface area contributed by atoms with E-state index in [1.54, 1.807) is 6.21 Å². The fourth-order valence-corrected chi connectivity index (χ4v) is 3.23. The molecule has 1 amide bonds. The van der Waals surface area contributed by atoms with E-state index in [9.17, 15) is 4.79 Å². The smallest absolute Gasteiger partial charge is 0.257 e. The molecule has 0 saturated carbocycles. The van der Waals surface area contributed by atoms with Gasteiger partial charge in [0.25, 0.3) is 5.91 Å². The van der Waals surface area contributed by atoms with Gasteiger partial charge in [-0.25, -0.2) is 9.97 Å². The molecule has 0 atom stereocenters. The van der Waals surface area contributed by atoms with Gasteiger partial charge in [-0.05, 0) is 31.0 Å². The molecule has 0 aliphatic rings. The molecule has 2 aromatic heterocycles. The van der Waals surface area contributed by atoms with Crippen molar-refractivity contribution in [2.45, 2.75) is 26.7 Å². The quantitative estimate of drug-likeness (QED) is 0.379. The second kappa shape index (κ2) is 8.32. The molecule has 0 aliphatic heterocycles. The average Bonchev–Trinajstić information content (AvgIpc) is 3.02. The van der Waals surface area contributed by atoms with Crippen LogP contribution in [0.25, 0.3) is 22.2 Å². The van der Waals surface area contributed by atoms with E-state index in [1.807, 2.05) is 55.5 Å². The Balaban J connectivity index is 1.85. The third-order valence-electron chi connectivity index (χ3n) is 4.92. The Morgan fingerprint density at radius 2 is 1.83 bits per heavy atom. The number of hydrogen-bond donors (Lipinski definition) is 2. The maximum atomic E-state index is 12.9. The second-order valence-electron chi connectivity index (χ2n) is 7.22. The first kappa shape index (κ1) is 19.6. The fraction of sp³-hybridized carbons (Fsp3) is 0.217. The topological polar surface area (TPSA) is 98.2 Å². The van der Waals surface area contributed by atoms with Crippen LogP contribution < -0.4 is 11.1 Å². The zero-order chi connectivity index (χ0) is 21.1. The number of nitrogens with one attached hydrogen (secondary N) is 1. The van der Waals surface area contributed by atoms with Crippen LogP contribution >= 0.6 is 0 Å². The molecule has 4 rings (SSSR count). The number of carbonyl (C=O) groups is 1. The summed E-state index contributed by atoms with van der Waals surface area (Å²) < 4.78 is 1.49. The fourth-order valence-electron chi connectivity index (χ4n) is 3.23. The molecule has 4 aromatic rings. The van der Waals surface area contributed by atoms with Gasteiger partial charge >= 0.3 is 0 Å². The number of nitrogens with zero attached hydrogens (tertiary/aromatic N) is 4. The number of carbonyl (C=O) groups excluding carboxylic acids is 1. The third-order valence-corrected chi connectivity index (χ3v) is 4.92. The van der Waals surface area contributed by atoms with Crippen molar-refractivity contribution in [2.75, 3.05) is 12.3 Å². The van der Waals surface area contributed by atoms with E-state index in [0.717, 1.165) is 18.4 Å². The van der Waals surface area contributed by atoms with Crippen molar-refractivity contribution in [3.05, 3.63) is 65.2 Å². The number of aryl methyl sites for hydroxylation is 1. The average molecular weight is 400 g/mol. The summed E-state index contributed by atoms with van der Waals surface area (Å²) in [6.45, 7) is 4.68. The number of para-hydroxylation sites is 2. The number of amides is 1. The first-order chi connectivity index (χ1) is 14.6. The molecule has 152 valence electrons. The number of anilines is 1. The number of fused-ring (bicyclic) bond motifs is 2. The van der Waals surface area contributed by atoms with Gasteiger partial charge in [-0.3, -0.25) is 4.79 Å². The Morgan fingerprint density at radius 1 is 1.13 bits per heavy atom. The normalized spacial score (nSPS) is 11.5. The van der Waals surface area contributed by atoms with E-state index in [4.69, 9.17) is 10.7 Å². The lowest BCUT2D eigenvalue weighted by Gasteiger charge is -2.04. The second-order valence-corrected chi connectivity index (χ2v) is 7.22. The van der Waals surface area contributed by atoms with Crippen molar-refractivity contribution in [2.24, 2.45) is 5.10 Å². The van der Waals surface area contributed by atoms with Gasteiger partial charge in [-0.2, -0.15) is 9.78 Å². The predicted molar refractivity (Wildman–Crippen MR) is 121 cm³/mol. The first-order valence-corrected chi connectivity index (χ1v) is 10.0. The molecule has 7 heteroatoms.